The minimum Gasteiger partial charge on any atom is -0.268 e. The molecule has 3 aromatic rings. The van der Waals surface area contributed by atoms with Crippen molar-refractivity contribution >= 4 is 27.6 Å². The topological polar surface area (TPSA) is 54.5 Å². The molecule has 0 aliphatic carbocycles. The molecule has 1 aliphatic rings. The Bertz CT molecular complexity index is 1280. The minimum atomic E-state index is -4.02. The maximum Gasteiger partial charge on any atom is 0.267 e. The van der Waals surface area contributed by atoms with Gasteiger partial charge in [-0.3, -0.25) is 4.79 Å². The maximum absolute atomic E-state index is 13.6. The lowest BCUT2D eigenvalue weighted by molar-refractivity contribution is -0.123. The third kappa shape index (κ3) is 4.30. The first kappa shape index (κ1) is 21.8. The zero-order valence-electron chi connectivity index (χ0n) is 18.1. The molecule has 1 unspecified atom stereocenters. The average Bonchev–Trinajstić information content (AvgIpc) is 2.81. The maximum atomic E-state index is 13.6. The zero-order valence-corrected chi connectivity index (χ0v) is 18.9. The van der Waals surface area contributed by atoms with Gasteiger partial charge in [-0.2, -0.15) is 0 Å². The van der Waals surface area contributed by atoms with Gasteiger partial charge in [0.2, 0.25) is 0 Å². The molecular formula is C27H25NO3S. The highest BCUT2D eigenvalue weighted by Gasteiger charge is 2.40. The number of aryl methyl sites for hydroxylation is 1. The van der Waals surface area contributed by atoms with Crippen LogP contribution in [0.3, 0.4) is 0 Å². The van der Waals surface area contributed by atoms with Crippen molar-refractivity contribution < 1.29 is 13.2 Å². The second-order valence-corrected chi connectivity index (χ2v) is 9.74. The highest BCUT2D eigenvalue weighted by molar-refractivity contribution is 7.89. The molecule has 162 valence electrons. The van der Waals surface area contributed by atoms with Gasteiger partial charge >= 0.3 is 0 Å². The molecule has 0 aromatic heterocycles. The van der Waals surface area contributed by atoms with Crippen LogP contribution in [0.25, 0.3) is 11.6 Å². The van der Waals surface area contributed by atoms with Gasteiger partial charge in [0.25, 0.3) is 15.9 Å². The Labute approximate surface area is 189 Å². The van der Waals surface area contributed by atoms with Crippen LogP contribution >= 0.6 is 0 Å². The molecule has 1 atom stereocenters. The molecular weight excluding hydrogens is 418 g/mol. The summed E-state index contributed by atoms with van der Waals surface area (Å²) in [5.74, 6) is -0.488. The first-order valence-corrected chi connectivity index (χ1v) is 12.0. The summed E-state index contributed by atoms with van der Waals surface area (Å²) in [4.78, 5) is 13.6. The van der Waals surface area contributed by atoms with Crippen LogP contribution in [-0.2, 0) is 14.8 Å². The molecule has 1 amide bonds. The van der Waals surface area contributed by atoms with Crippen LogP contribution in [-0.4, -0.2) is 24.7 Å². The summed E-state index contributed by atoms with van der Waals surface area (Å²) in [7, 11) is -4.02. The molecule has 0 saturated carbocycles. The van der Waals surface area contributed by atoms with Crippen molar-refractivity contribution in [2.75, 3.05) is 0 Å². The fourth-order valence-electron chi connectivity index (χ4n) is 3.91. The van der Waals surface area contributed by atoms with Gasteiger partial charge in [0.15, 0.2) is 0 Å². The van der Waals surface area contributed by atoms with E-state index >= 15 is 0 Å². The Hall–Kier alpha value is -3.44. The molecule has 0 radical (unpaired) electrons. The van der Waals surface area contributed by atoms with E-state index < -0.39 is 22.0 Å². The van der Waals surface area contributed by atoms with Crippen molar-refractivity contribution in [3.8, 4) is 0 Å². The number of sulfonamides is 1. The third-order valence-corrected chi connectivity index (χ3v) is 7.52. The van der Waals surface area contributed by atoms with Crippen LogP contribution in [0.15, 0.2) is 101 Å². The van der Waals surface area contributed by atoms with E-state index in [2.05, 4.69) is 0 Å². The lowest BCUT2D eigenvalue weighted by Crippen LogP contribution is -2.47. The van der Waals surface area contributed by atoms with Gasteiger partial charge in [-0.05, 0) is 49.1 Å². The second-order valence-electron chi connectivity index (χ2n) is 7.93. The number of hydrogen-bond donors (Lipinski definition) is 0. The van der Waals surface area contributed by atoms with E-state index in [-0.39, 0.29) is 4.90 Å². The van der Waals surface area contributed by atoms with E-state index in [0.29, 0.717) is 12.0 Å². The molecule has 0 saturated heterocycles. The van der Waals surface area contributed by atoms with Crippen molar-refractivity contribution in [1.29, 1.82) is 0 Å². The molecule has 1 heterocycles. The molecule has 0 fully saturated rings. The van der Waals surface area contributed by atoms with Crippen LogP contribution < -0.4 is 0 Å². The number of hydrogen-bond acceptors (Lipinski definition) is 3. The van der Waals surface area contributed by atoms with E-state index in [1.165, 1.54) is 0 Å². The van der Waals surface area contributed by atoms with E-state index in [1.54, 1.807) is 31.2 Å². The van der Waals surface area contributed by atoms with Gasteiger partial charge < -0.3 is 0 Å². The lowest BCUT2D eigenvalue weighted by Gasteiger charge is -2.35. The van der Waals surface area contributed by atoms with E-state index in [9.17, 15) is 13.2 Å². The molecule has 0 N–H and O–H groups in total. The fraction of sp³-hybridized carbons (Fsp3) is 0.148. The van der Waals surface area contributed by atoms with Gasteiger partial charge in [0.1, 0.15) is 0 Å². The summed E-state index contributed by atoms with van der Waals surface area (Å²) in [5, 5.41) is 0. The number of benzene rings is 3. The fourth-order valence-corrected chi connectivity index (χ4v) is 5.47. The first-order valence-electron chi connectivity index (χ1n) is 10.5. The van der Waals surface area contributed by atoms with Crippen molar-refractivity contribution in [1.82, 2.24) is 4.31 Å². The molecule has 32 heavy (non-hydrogen) atoms. The van der Waals surface area contributed by atoms with Gasteiger partial charge in [0, 0.05) is 5.57 Å². The van der Waals surface area contributed by atoms with Gasteiger partial charge in [-0.25, -0.2) is 12.7 Å². The summed E-state index contributed by atoms with van der Waals surface area (Å²) in [6.45, 7) is 3.60. The molecule has 3 aromatic carbocycles. The highest BCUT2D eigenvalue weighted by atomic mass is 32.2. The summed E-state index contributed by atoms with van der Waals surface area (Å²) in [6, 6.07) is 25.3. The van der Waals surface area contributed by atoms with E-state index in [0.717, 1.165) is 26.6 Å². The van der Waals surface area contributed by atoms with Crippen LogP contribution in [0.2, 0.25) is 0 Å². The number of carbonyl (C=O) groups excluding carboxylic acids is 1. The van der Waals surface area contributed by atoms with Crippen molar-refractivity contribution in [3.63, 3.8) is 0 Å². The molecule has 4 rings (SSSR count). The van der Waals surface area contributed by atoms with Gasteiger partial charge in [0.05, 0.1) is 10.9 Å². The van der Waals surface area contributed by atoms with E-state index in [1.807, 2.05) is 79.7 Å². The quantitative estimate of drug-likeness (QED) is 0.525. The van der Waals surface area contributed by atoms with Crippen molar-refractivity contribution in [2.45, 2.75) is 31.2 Å². The molecule has 1 aliphatic heterocycles. The standard InChI is InChI=1S/C27H25NO3S/c1-20-13-17-25(18-14-20)32(30,31)28-24(16-15-22-9-5-3-6-10-22)19-26(21(2)27(28)29)23-11-7-4-8-12-23/h3-18,24H,19H2,1-2H3/b16-15+. The molecule has 0 spiro atoms. The molecule has 4 nitrogen and oxygen atoms in total. The Balaban J connectivity index is 1.81. The van der Waals surface area contributed by atoms with Crippen molar-refractivity contribution in [3.05, 3.63) is 113 Å². The number of rotatable bonds is 5. The lowest BCUT2D eigenvalue weighted by atomic mass is 9.90. The first-order chi connectivity index (χ1) is 15.4. The third-order valence-electron chi connectivity index (χ3n) is 5.70. The SMILES string of the molecule is CC1=C(c2ccccc2)CC(/C=C/c2ccccc2)N(S(=O)(=O)c2ccc(C)cc2)C1=O. The van der Waals surface area contributed by atoms with Crippen molar-refractivity contribution in [2.24, 2.45) is 0 Å². The van der Waals surface area contributed by atoms with Crippen LogP contribution in [0.4, 0.5) is 0 Å². The predicted molar refractivity (Wildman–Crippen MR) is 128 cm³/mol. The Morgan fingerprint density at radius 3 is 2.06 bits per heavy atom. The summed E-state index contributed by atoms with van der Waals surface area (Å²) < 4.78 is 28.2. The van der Waals surface area contributed by atoms with Gasteiger partial charge in [-0.15, -0.1) is 0 Å². The van der Waals surface area contributed by atoms with Gasteiger partial charge in [-0.1, -0.05) is 90.5 Å². The summed E-state index contributed by atoms with van der Waals surface area (Å²) >= 11 is 0. The predicted octanol–water partition coefficient (Wildman–Crippen LogP) is 5.47. The number of carbonyl (C=O) groups is 1. The zero-order chi connectivity index (χ0) is 22.7. The minimum absolute atomic E-state index is 0.116. The molecule has 0 bridgehead atoms. The second kappa shape index (κ2) is 8.97. The van der Waals surface area contributed by atoms with Crippen LogP contribution in [0.1, 0.15) is 30.0 Å². The molecule has 5 heteroatoms. The number of nitrogens with zero attached hydrogens (tertiary/aromatic N) is 1. The Morgan fingerprint density at radius 1 is 0.844 bits per heavy atom. The average molecular weight is 444 g/mol. The van der Waals surface area contributed by atoms with E-state index in [4.69, 9.17) is 0 Å². The summed E-state index contributed by atoms with van der Waals surface area (Å²) in [5.41, 5.74) is 4.16. The largest absolute Gasteiger partial charge is 0.268 e. The summed E-state index contributed by atoms with van der Waals surface area (Å²) in [6.07, 6.45) is 4.10. The number of amides is 1. The Kier molecular flexibility index (Phi) is 6.10. The normalized spacial score (nSPS) is 17.2. The Morgan fingerprint density at radius 2 is 1.44 bits per heavy atom. The smallest absolute Gasteiger partial charge is 0.267 e. The van der Waals surface area contributed by atoms with Crippen LogP contribution in [0.5, 0.6) is 0 Å². The monoisotopic (exact) mass is 443 g/mol. The van der Waals surface area contributed by atoms with Crippen LogP contribution in [0, 0.1) is 6.92 Å². The highest BCUT2D eigenvalue weighted by Crippen LogP contribution is 2.35.